The fraction of sp³-hybridized carbons (Fsp3) is 0.333. The summed E-state index contributed by atoms with van der Waals surface area (Å²) in [5.74, 6) is 0. The molecule has 0 fully saturated rings. The van der Waals surface area contributed by atoms with E-state index < -0.39 is 0 Å². The summed E-state index contributed by atoms with van der Waals surface area (Å²) in [5, 5.41) is 3.46. The summed E-state index contributed by atoms with van der Waals surface area (Å²) in [6.07, 6.45) is 2.23. The minimum atomic E-state index is 0.0349. The molecule has 0 radical (unpaired) electrons. The molecule has 1 aliphatic heterocycles. The molecule has 1 aromatic carbocycles. The monoisotopic (exact) mass is 188 g/mol. The zero-order valence-corrected chi connectivity index (χ0v) is 8.89. The first-order valence-electron chi connectivity index (χ1n) is 4.85. The smallest absolute Gasteiger partial charge is 0.0505 e. The summed E-state index contributed by atoms with van der Waals surface area (Å²) >= 11 is 0. The van der Waals surface area contributed by atoms with Crippen molar-refractivity contribution in [2.45, 2.75) is 26.3 Å². The molecule has 1 aromatic rings. The molecule has 0 saturated carbocycles. The van der Waals surface area contributed by atoms with E-state index in [1.807, 2.05) is 18.2 Å². The highest BCUT2D eigenvalue weighted by Crippen LogP contribution is 2.34. The summed E-state index contributed by atoms with van der Waals surface area (Å²) in [6.45, 7) is 6.45. The number of nitrogen functional groups attached to an aromatic ring is 1. The largest absolute Gasteiger partial charge is 0.399 e. The molecule has 0 aromatic heterocycles. The summed E-state index contributed by atoms with van der Waals surface area (Å²) in [4.78, 5) is 0. The predicted octanol–water partition coefficient (Wildman–Crippen LogP) is 2.88. The summed E-state index contributed by atoms with van der Waals surface area (Å²) < 4.78 is 0. The Morgan fingerprint density at radius 2 is 2.00 bits per heavy atom. The molecule has 14 heavy (non-hydrogen) atoms. The Hall–Kier alpha value is -1.44. The molecule has 74 valence electrons. The van der Waals surface area contributed by atoms with Crippen molar-refractivity contribution in [2.24, 2.45) is 0 Å². The third-order valence-electron chi connectivity index (χ3n) is 2.50. The van der Waals surface area contributed by atoms with Crippen LogP contribution in [-0.4, -0.2) is 5.54 Å². The number of rotatable bonds is 0. The second-order valence-electron chi connectivity index (χ2n) is 4.48. The van der Waals surface area contributed by atoms with Crippen molar-refractivity contribution in [3.63, 3.8) is 0 Å². The summed E-state index contributed by atoms with van der Waals surface area (Å²) in [5.41, 5.74) is 10.3. The van der Waals surface area contributed by atoms with Crippen LogP contribution in [-0.2, 0) is 0 Å². The molecule has 1 aliphatic rings. The molecule has 0 saturated heterocycles. The Labute approximate surface area is 84.8 Å². The number of anilines is 2. The van der Waals surface area contributed by atoms with Crippen molar-refractivity contribution < 1.29 is 0 Å². The molecular formula is C12H16N2. The van der Waals surface area contributed by atoms with E-state index in [9.17, 15) is 0 Å². The highest BCUT2D eigenvalue weighted by molar-refractivity contribution is 5.81. The van der Waals surface area contributed by atoms with Crippen LogP contribution in [0.2, 0.25) is 0 Å². The first kappa shape index (κ1) is 9.13. The summed E-state index contributed by atoms with van der Waals surface area (Å²) in [7, 11) is 0. The molecule has 2 nitrogen and oxygen atoms in total. The van der Waals surface area contributed by atoms with Gasteiger partial charge in [0.25, 0.3) is 0 Å². The van der Waals surface area contributed by atoms with Gasteiger partial charge in [0.15, 0.2) is 0 Å². The van der Waals surface area contributed by atoms with Gasteiger partial charge in [0.1, 0.15) is 0 Å². The highest BCUT2D eigenvalue weighted by atomic mass is 15.0. The Morgan fingerprint density at radius 3 is 2.71 bits per heavy atom. The molecule has 1 heterocycles. The van der Waals surface area contributed by atoms with Crippen LogP contribution in [0.4, 0.5) is 11.4 Å². The van der Waals surface area contributed by atoms with Gasteiger partial charge in [-0.05, 0) is 44.5 Å². The molecule has 0 amide bonds. The normalized spacial score (nSPS) is 18.1. The average Bonchev–Trinajstić information content (AvgIpc) is 2.05. The maximum Gasteiger partial charge on any atom is 0.0505 e. The van der Waals surface area contributed by atoms with E-state index in [1.165, 1.54) is 16.8 Å². The number of benzene rings is 1. The molecule has 0 aliphatic carbocycles. The van der Waals surface area contributed by atoms with Crippen molar-refractivity contribution in [1.29, 1.82) is 0 Å². The minimum absolute atomic E-state index is 0.0349. The lowest BCUT2D eigenvalue weighted by Gasteiger charge is -2.31. The van der Waals surface area contributed by atoms with E-state index in [0.717, 1.165) is 5.69 Å². The van der Waals surface area contributed by atoms with Crippen LogP contribution in [0, 0.1) is 0 Å². The second kappa shape index (κ2) is 2.77. The van der Waals surface area contributed by atoms with Gasteiger partial charge in [-0.25, -0.2) is 0 Å². The molecule has 0 spiro atoms. The van der Waals surface area contributed by atoms with Crippen LogP contribution in [0.15, 0.2) is 24.3 Å². The van der Waals surface area contributed by atoms with Gasteiger partial charge in [-0.2, -0.15) is 0 Å². The van der Waals surface area contributed by atoms with Gasteiger partial charge in [0, 0.05) is 16.9 Å². The maximum absolute atomic E-state index is 5.76. The van der Waals surface area contributed by atoms with Crippen molar-refractivity contribution >= 4 is 16.9 Å². The van der Waals surface area contributed by atoms with E-state index in [-0.39, 0.29) is 5.54 Å². The topological polar surface area (TPSA) is 38.0 Å². The quantitative estimate of drug-likeness (QED) is 0.614. The third kappa shape index (κ3) is 1.48. The van der Waals surface area contributed by atoms with Gasteiger partial charge in [-0.1, -0.05) is 6.08 Å². The Bertz CT molecular complexity index is 403. The minimum Gasteiger partial charge on any atom is -0.399 e. The van der Waals surface area contributed by atoms with Crippen LogP contribution in [0.5, 0.6) is 0 Å². The van der Waals surface area contributed by atoms with Gasteiger partial charge in [0.05, 0.1) is 5.54 Å². The lowest BCUT2D eigenvalue weighted by molar-refractivity contribution is 0.707. The molecule has 0 atom stereocenters. The molecule has 3 N–H and O–H groups in total. The van der Waals surface area contributed by atoms with Crippen molar-refractivity contribution in [1.82, 2.24) is 0 Å². The van der Waals surface area contributed by atoms with Crippen LogP contribution >= 0.6 is 0 Å². The predicted molar refractivity (Wildman–Crippen MR) is 62.2 cm³/mol. The zero-order chi connectivity index (χ0) is 10.3. The van der Waals surface area contributed by atoms with Crippen LogP contribution in [0.3, 0.4) is 0 Å². The fourth-order valence-electron chi connectivity index (χ4n) is 2.00. The highest BCUT2D eigenvalue weighted by Gasteiger charge is 2.21. The Kier molecular flexibility index (Phi) is 1.81. The van der Waals surface area contributed by atoms with Crippen LogP contribution in [0.1, 0.15) is 26.3 Å². The van der Waals surface area contributed by atoms with Gasteiger partial charge in [-0.3, -0.25) is 0 Å². The average molecular weight is 188 g/mol. The number of hydrogen-bond donors (Lipinski definition) is 2. The molecule has 2 heteroatoms. The number of allylic oxidation sites excluding steroid dienone is 1. The van der Waals surface area contributed by atoms with Gasteiger partial charge < -0.3 is 11.1 Å². The maximum atomic E-state index is 5.76. The Morgan fingerprint density at radius 1 is 1.29 bits per heavy atom. The number of nitrogens with two attached hydrogens (primary N) is 1. The Balaban J connectivity index is 2.56. The number of hydrogen-bond acceptors (Lipinski definition) is 2. The lowest BCUT2D eigenvalue weighted by Crippen LogP contribution is -2.31. The number of fused-ring (bicyclic) bond motifs is 1. The zero-order valence-electron chi connectivity index (χ0n) is 8.89. The van der Waals surface area contributed by atoms with Crippen LogP contribution < -0.4 is 11.1 Å². The van der Waals surface area contributed by atoms with Crippen molar-refractivity contribution in [2.75, 3.05) is 11.1 Å². The van der Waals surface area contributed by atoms with Crippen LogP contribution in [0.25, 0.3) is 5.57 Å². The second-order valence-corrected chi connectivity index (χ2v) is 4.48. The van der Waals surface area contributed by atoms with Gasteiger partial charge in [0.2, 0.25) is 0 Å². The summed E-state index contributed by atoms with van der Waals surface area (Å²) in [6, 6.07) is 5.99. The van der Waals surface area contributed by atoms with Crippen molar-refractivity contribution in [3.8, 4) is 0 Å². The molecule has 0 unspecified atom stereocenters. The van der Waals surface area contributed by atoms with E-state index in [1.54, 1.807) is 0 Å². The molecule has 0 bridgehead atoms. The van der Waals surface area contributed by atoms with Gasteiger partial charge >= 0.3 is 0 Å². The van der Waals surface area contributed by atoms with Crippen molar-refractivity contribution in [3.05, 3.63) is 29.8 Å². The first-order chi connectivity index (χ1) is 6.48. The van der Waals surface area contributed by atoms with E-state index in [2.05, 4.69) is 32.2 Å². The van der Waals surface area contributed by atoms with Gasteiger partial charge in [-0.15, -0.1) is 0 Å². The molecule has 2 rings (SSSR count). The standard InChI is InChI=1S/C12H16N2/c1-8-7-12(2,3)14-11-5-4-9(13)6-10(8)11/h4-7,14H,13H2,1-3H3. The van der Waals surface area contributed by atoms with E-state index in [0.29, 0.717) is 0 Å². The SMILES string of the molecule is CC1=CC(C)(C)Nc2ccc(N)cc21. The first-order valence-corrected chi connectivity index (χ1v) is 4.85. The molecular weight excluding hydrogens is 172 g/mol. The lowest BCUT2D eigenvalue weighted by atomic mass is 9.91. The third-order valence-corrected chi connectivity index (χ3v) is 2.50. The number of nitrogens with one attached hydrogen (secondary N) is 1. The fourth-order valence-corrected chi connectivity index (χ4v) is 2.00. The van der Waals surface area contributed by atoms with E-state index in [4.69, 9.17) is 5.73 Å². The van der Waals surface area contributed by atoms with E-state index >= 15 is 0 Å².